The number of rotatable bonds is 4. The van der Waals surface area contributed by atoms with Gasteiger partial charge in [-0.1, -0.05) is 12.8 Å². The van der Waals surface area contributed by atoms with Gasteiger partial charge >= 0.3 is 0 Å². The first kappa shape index (κ1) is 12.8. The Balaban J connectivity index is 1.82. The van der Waals surface area contributed by atoms with Crippen molar-refractivity contribution in [2.45, 2.75) is 56.7 Å². The van der Waals surface area contributed by atoms with Crippen molar-refractivity contribution in [1.29, 1.82) is 0 Å². The predicted molar refractivity (Wildman–Crippen MR) is 66.7 cm³/mol. The molecule has 4 nitrogen and oxygen atoms in total. The molecule has 1 amide bonds. The van der Waals surface area contributed by atoms with Gasteiger partial charge in [-0.15, -0.1) is 0 Å². The van der Waals surface area contributed by atoms with Crippen molar-refractivity contribution in [3.05, 3.63) is 0 Å². The molecule has 0 saturated heterocycles. The summed E-state index contributed by atoms with van der Waals surface area (Å²) in [5, 5.41) is 9.95. The molecule has 2 atom stereocenters. The van der Waals surface area contributed by atoms with Crippen LogP contribution in [0.15, 0.2) is 0 Å². The molecule has 0 aromatic carbocycles. The Morgan fingerprint density at radius 2 is 1.82 bits per heavy atom. The molecule has 0 aliphatic heterocycles. The van der Waals surface area contributed by atoms with Crippen LogP contribution < -0.4 is 0 Å². The van der Waals surface area contributed by atoms with Gasteiger partial charge in [0.05, 0.1) is 12.6 Å². The smallest absolute Gasteiger partial charge is 0.236 e. The fraction of sp³-hybridized carbons (Fsp3) is 0.923. The normalized spacial score (nSPS) is 29.4. The summed E-state index contributed by atoms with van der Waals surface area (Å²) in [6.45, 7) is 0.439. The second-order valence-electron chi connectivity index (χ2n) is 5.57. The Morgan fingerprint density at radius 3 is 2.41 bits per heavy atom. The zero-order valence-corrected chi connectivity index (χ0v) is 10.9. The molecule has 2 aliphatic rings. The summed E-state index contributed by atoms with van der Waals surface area (Å²) >= 11 is 0. The number of hydrogen-bond donors (Lipinski definition) is 1. The highest BCUT2D eigenvalue weighted by molar-refractivity contribution is 5.78. The maximum Gasteiger partial charge on any atom is 0.236 e. The molecule has 2 unspecified atom stereocenters. The highest BCUT2D eigenvalue weighted by Gasteiger charge is 2.32. The van der Waals surface area contributed by atoms with Crippen LogP contribution in [0.2, 0.25) is 0 Å². The number of nitrogens with zero attached hydrogens (tertiary/aromatic N) is 2. The molecule has 0 radical (unpaired) electrons. The number of aliphatic hydroxyl groups is 1. The lowest BCUT2D eigenvalue weighted by molar-refractivity contribution is -0.132. The molecule has 4 heteroatoms. The summed E-state index contributed by atoms with van der Waals surface area (Å²) in [7, 11) is 3.85. The van der Waals surface area contributed by atoms with Crippen LogP contribution in [0.5, 0.6) is 0 Å². The summed E-state index contributed by atoms with van der Waals surface area (Å²) < 4.78 is 0. The fourth-order valence-corrected chi connectivity index (χ4v) is 2.71. The van der Waals surface area contributed by atoms with Gasteiger partial charge in [0.2, 0.25) is 5.91 Å². The lowest BCUT2D eigenvalue weighted by Crippen LogP contribution is -2.48. The SMILES string of the molecule is CN(CC(=O)N(C)C1CC1)C1CCCCC1O. The third-order valence-electron chi connectivity index (χ3n) is 4.13. The summed E-state index contributed by atoms with van der Waals surface area (Å²) in [6, 6.07) is 0.646. The monoisotopic (exact) mass is 240 g/mol. The second kappa shape index (κ2) is 5.36. The average Bonchev–Trinajstić information content (AvgIpc) is 3.12. The molecule has 2 rings (SSSR count). The molecule has 17 heavy (non-hydrogen) atoms. The van der Waals surface area contributed by atoms with Crippen LogP contribution in [0.1, 0.15) is 38.5 Å². The van der Waals surface area contributed by atoms with E-state index < -0.39 is 0 Å². The van der Waals surface area contributed by atoms with E-state index >= 15 is 0 Å². The van der Waals surface area contributed by atoms with E-state index in [0.717, 1.165) is 32.1 Å². The maximum absolute atomic E-state index is 12.0. The Labute approximate surface area is 104 Å². The minimum absolute atomic E-state index is 0.167. The summed E-state index contributed by atoms with van der Waals surface area (Å²) in [5.41, 5.74) is 0. The van der Waals surface area contributed by atoms with E-state index in [1.165, 1.54) is 6.42 Å². The van der Waals surface area contributed by atoms with Crippen LogP contribution >= 0.6 is 0 Å². The zero-order chi connectivity index (χ0) is 12.4. The van der Waals surface area contributed by atoms with E-state index in [-0.39, 0.29) is 18.1 Å². The molecule has 0 bridgehead atoms. The summed E-state index contributed by atoms with van der Waals surface area (Å²) in [4.78, 5) is 15.9. The van der Waals surface area contributed by atoms with Gasteiger partial charge in [-0.05, 0) is 32.7 Å². The quantitative estimate of drug-likeness (QED) is 0.792. The molecular formula is C13H24N2O2. The van der Waals surface area contributed by atoms with Gasteiger partial charge in [0.1, 0.15) is 0 Å². The van der Waals surface area contributed by atoms with Gasteiger partial charge in [0, 0.05) is 19.1 Å². The Bertz CT molecular complexity index is 279. The van der Waals surface area contributed by atoms with Gasteiger partial charge in [-0.25, -0.2) is 0 Å². The number of carbonyl (C=O) groups is 1. The molecule has 0 aromatic heterocycles. The highest BCUT2D eigenvalue weighted by atomic mass is 16.3. The Kier molecular flexibility index (Phi) is 4.05. The Hall–Kier alpha value is -0.610. The van der Waals surface area contributed by atoms with E-state index in [4.69, 9.17) is 0 Å². The second-order valence-corrected chi connectivity index (χ2v) is 5.57. The number of amides is 1. The third kappa shape index (κ3) is 3.19. The highest BCUT2D eigenvalue weighted by Crippen LogP contribution is 2.26. The fourth-order valence-electron chi connectivity index (χ4n) is 2.71. The zero-order valence-electron chi connectivity index (χ0n) is 10.9. The van der Waals surface area contributed by atoms with Crippen molar-refractivity contribution in [3.8, 4) is 0 Å². The van der Waals surface area contributed by atoms with Crippen molar-refractivity contribution in [3.63, 3.8) is 0 Å². The number of aliphatic hydroxyl groups excluding tert-OH is 1. The van der Waals surface area contributed by atoms with Crippen LogP contribution in [0, 0.1) is 0 Å². The van der Waals surface area contributed by atoms with Crippen LogP contribution in [0.3, 0.4) is 0 Å². The van der Waals surface area contributed by atoms with Gasteiger partial charge in [-0.3, -0.25) is 9.69 Å². The van der Waals surface area contributed by atoms with Crippen molar-refractivity contribution in [2.75, 3.05) is 20.6 Å². The lowest BCUT2D eigenvalue weighted by Gasteiger charge is -2.35. The van der Waals surface area contributed by atoms with Gasteiger partial charge in [-0.2, -0.15) is 0 Å². The van der Waals surface area contributed by atoms with Crippen LogP contribution in [0.25, 0.3) is 0 Å². The number of carbonyl (C=O) groups excluding carboxylic acids is 1. The minimum atomic E-state index is -0.257. The average molecular weight is 240 g/mol. The largest absolute Gasteiger partial charge is 0.391 e. The molecule has 98 valence electrons. The van der Waals surface area contributed by atoms with Crippen molar-refractivity contribution >= 4 is 5.91 Å². The summed E-state index contributed by atoms with van der Waals surface area (Å²) in [5.74, 6) is 0.188. The predicted octanol–water partition coefficient (Wildman–Crippen LogP) is 0.842. The molecule has 0 heterocycles. The van der Waals surface area contributed by atoms with Crippen LogP contribution in [-0.2, 0) is 4.79 Å². The van der Waals surface area contributed by atoms with Crippen molar-refractivity contribution < 1.29 is 9.90 Å². The summed E-state index contributed by atoms with van der Waals surface area (Å²) in [6.07, 6.45) is 6.21. The molecule has 2 aliphatic carbocycles. The molecule has 2 fully saturated rings. The van der Waals surface area contributed by atoms with Crippen LogP contribution in [0.4, 0.5) is 0 Å². The minimum Gasteiger partial charge on any atom is -0.391 e. The van der Waals surface area contributed by atoms with E-state index in [0.29, 0.717) is 12.6 Å². The molecule has 1 N–H and O–H groups in total. The maximum atomic E-state index is 12.0. The molecule has 2 saturated carbocycles. The Morgan fingerprint density at radius 1 is 1.18 bits per heavy atom. The number of likely N-dealkylation sites (N-methyl/N-ethyl adjacent to an activating group) is 2. The van der Waals surface area contributed by atoms with Gasteiger partial charge < -0.3 is 10.0 Å². The van der Waals surface area contributed by atoms with Crippen molar-refractivity contribution in [2.24, 2.45) is 0 Å². The van der Waals surface area contributed by atoms with Crippen LogP contribution in [-0.4, -0.2) is 59.6 Å². The topological polar surface area (TPSA) is 43.8 Å². The third-order valence-corrected chi connectivity index (χ3v) is 4.13. The van der Waals surface area contributed by atoms with Crippen molar-refractivity contribution in [1.82, 2.24) is 9.80 Å². The van der Waals surface area contributed by atoms with E-state index in [9.17, 15) is 9.90 Å². The van der Waals surface area contributed by atoms with E-state index in [2.05, 4.69) is 0 Å². The van der Waals surface area contributed by atoms with Gasteiger partial charge in [0.15, 0.2) is 0 Å². The first-order valence-corrected chi connectivity index (χ1v) is 6.73. The molecule has 0 spiro atoms. The molecular weight excluding hydrogens is 216 g/mol. The van der Waals surface area contributed by atoms with E-state index in [1.54, 1.807) is 0 Å². The first-order chi connectivity index (χ1) is 8.09. The van der Waals surface area contributed by atoms with Gasteiger partial charge in [0.25, 0.3) is 0 Å². The molecule has 0 aromatic rings. The first-order valence-electron chi connectivity index (χ1n) is 6.73. The standard InChI is InChI=1S/C13H24N2O2/c1-14(11-5-3-4-6-12(11)16)9-13(17)15(2)10-7-8-10/h10-12,16H,3-9H2,1-2H3. The number of hydrogen-bond acceptors (Lipinski definition) is 3. The lowest BCUT2D eigenvalue weighted by atomic mass is 9.91. The van der Waals surface area contributed by atoms with E-state index in [1.807, 2.05) is 23.9 Å².